The molecule has 0 saturated heterocycles. The molecule has 2 fully saturated rings. The number of hydrogen-bond donors (Lipinski definition) is 1. The van der Waals surface area contributed by atoms with Crippen LogP contribution < -0.4 is 4.90 Å². The van der Waals surface area contributed by atoms with Gasteiger partial charge in [0.25, 0.3) is 0 Å². The van der Waals surface area contributed by atoms with Crippen molar-refractivity contribution in [3.63, 3.8) is 0 Å². The zero-order valence-electron chi connectivity index (χ0n) is 12.1. The lowest BCUT2D eigenvalue weighted by molar-refractivity contribution is -0.136. The van der Waals surface area contributed by atoms with Gasteiger partial charge in [-0.1, -0.05) is 24.1 Å². The summed E-state index contributed by atoms with van der Waals surface area (Å²) in [6.45, 7) is 2.72. The van der Waals surface area contributed by atoms with Crippen LogP contribution >= 0.6 is 0 Å². The second kappa shape index (κ2) is 5.47. The first-order chi connectivity index (χ1) is 9.63. The fraction of sp³-hybridized carbons (Fsp3) is 0.588. The fourth-order valence-electron chi connectivity index (χ4n) is 4.03. The standard InChI is InChI=1S/C17H23NO2/c1-12-2-6-15(7-3-12)18(9-8-17(19)20)16-11-13-4-5-14(16)10-13/h2-3,6-7,13-14,16H,4-5,8-11H2,1H3,(H,19,20). The van der Waals surface area contributed by atoms with Gasteiger partial charge < -0.3 is 10.0 Å². The van der Waals surface area contributed by atoms with E-state index in [0.29, 0.717) is 12.6 Å². The Morgan fingerprint density at radius 1 is 1.25 bits per heavy atom. The Labute approximate surface area is 120 Å². The van der Waals surface area contributed by atoms with Gasteiger partial charge in [-0.25, -0.2) is 0 Å². The van der Waals surface area contributed by atoms with E-state index in [-0.39, 0.29) is 6.42 Å². The van der Waals surface area contributed by atoms with Crippen LogP contribution in [0, 0.1) is 18.8 Å². The number of carbonyl (C=O) groups is 1. The number of fused-ring (bicyclic) bond motifs is 2. The predicted octanol–water partition coefficient (Wildman–Crippen LogP) is 3.46. The lowest BCUT2D eigenvalue weighted by Gasteiger charge is -2.36. The molecule has 0 radical (unpaired) electrons. The second-order valence-electron chi connectivity index (χ2n) is 6.41. The van der Waals surface area contributed by atoms with Crippen molar-refractivity contribution in [2.24, 2.45) is 11.8 Å². The SMILES string of the molecule is Cc1ccc(N(CCC(=O)O)C2CC3CCC2C3)cc1. The quantitative estimate of drug-likeness (QED) is 0.893. The molecule has 3 heteroatoms. The maximum Gasteiger partial charge on any atom is 0.305 e. The molecule has 2 aliphatic rings. The van der Waals surface area contributed by atoms with Crippen molar-refractivity contribution < 1.29 is 9.90 Å². The molecule has 2 aliphatic carbocycles. The third-order valence-electron chi connectivity index (χ3n) is 5.03. The average Bonchev–Trinajstić information content (AvgIpc) is 3.03. The van der Waals surface area contributed by atoms with Gasteiger partial charge in [0.1, 0.15) is 0 Å². The number of carboxylic acids is 1. The summed E-state index contributed by atoms with van der Waals surface area (Å²) in [6, 6.07) is 9.08. The molecule has 0 aromatic heterocycles. The number of benzene rings is 1. The highest BCUT2D eigenvalue weighted by atomic mass is 16.4. The zero-order chi connectivity index (χ0) is 14.1. The highest BCUT2D eigenvalue weighted by Crippen LogP contribution is 2.47. The van der Waals surface area contributed by atoms with Gasteiger partial charge in [0.05, 0.1) is 6.42 Å². The molecule has 0 spiro atoms. The highest BCUT2D eigenvalue weighted by Gasteiger charge is 2.42. The number of hydrogen-bond acceptors (Lipinski definition) is 2. The Kier molecular flexibility index (Phi) is 3.68. The maximum absolute atomic E-state index is 10.9. The first kappa shape index (κ1) is 13.5. The molecular weight excluding hydrogens is 250 g/mol. The summed E-state index contributed by atoms with van der Waals surface area (Å²) in [5.74, 6) is 0.947. The van der Waals surface area contributed by atoms with E-state index < -0.39 is 5.97 Å². The van der Waals surface area contributed by atoms with E-state index in [2.05, 4.69) is 36.1 Å². The van der Waals surface area contributed by atoms with Crippen molar-refractivity contribution >= 4 is 11.7 Å². The largest absolute Gasteiger partial charge is 0.481 e. The molecule has 3 nitrogen and oxygen atoms in total. The van der Waals surface area contributed by atoms with Gasteiger partial charge in [-0.05, 0) is 50.2 Å². The molecule has 3 unspecified atom stereocenters. The molecular formula is C17H23NO2. The maximum atomic E-state index is 10.9. The number of anilines is 1. The summed E-state index contributed by atoms with van der Waals surface area (Å²) in [7, 11) is 0. The first-order valence-electron chi connectivity index (χ1n) is 7.68. The molecule has 0 amide bonds. The predicted molar refractivity (Wildman–Crippen MR) is 80.0 cm³/mol. The smallest absolute Gasteiger partial charge is 0.305 e. The van der Waals surface area contributed by atoms with Crippen LogP contribution in [0.25, 0.3) is 0 Å². The van der Waals surface area contributed by atoms with Gasteiger partial charge >= 0.3 is 5.97 Å². The molecule has 1 aromatic carbocycles. The van der Waals surface area contributed by atoms with E-state index in [9.17, 15) is 4.79 Å². The summed E-state index contributed by atoms with van der Waals surface area (Å²) < 4.78 is 0. The number of carboxylic acid groups (broad SMARTS) is 1. The topological polar surface area (TPSA) is 40.5 Å². The minimum atomic E-state index is -0.703. The molecule has 2 saturated carbocycles. The summed E-state index contributed by atoms with van der Waals surface area (Å²) in [5.41, 5.74) is 2.44. The van der Waals surface area contributed by atoms with Crippen molar-refractivity contribution in [2.45, 2.75) is 45.1 Å². The van der Waals surface area contributed by atoms with Crippen LogP contribution in [0.3, 0.4) is 0 Å². The minimum absolute atomic E-state index is 0.224. The third-order valence-corrected chi connectivity index (χ3v) is 5.03. The van der Waals surface area contributed by atoms with E-state index in [1.807, 2.05) is 0 Å². The van der Waals surface area contributed by atoms with Crippen molar-refractivity contribution in [3.05, 3.63) is 29.8 Å². The van der Waals surface area contributed by atoms with Crippen molar-refractivity contribution in [2.75, 3.05) is 11.4 Å². The summed E-state index contributed by atoms with van der Waals surface area (Å²) >= 11 is 0. The third kappa shape index (κ3) is 2.67. The van der Waals surface area contributed by atoms with Crippen molar-refractivity contribution in [1.29, 1.82) is 0 Å². The number of rotatable bonds is 5. The molecule has 3 atom stereocenters. The number of aliphatic carboxylic acids is 1. The van der Waals surface area contributed by atoms with Crippen LogP contribution in [0.1, 0.15) is 37.7 Å². The highest BCUT2D eigenvalue weighted by molar-refractivity contribution is 5.67. The van der Waals surface area contributed by atoms with Gasteiger partial charge in [-0.2, -0.15) is 0 Å². The average molecular weight is 273 g/mol. The molecule has 2 bridgehead atoms. The van der Waals surface area contributed by atoms with Gasteiger partial charge in [0.2, 0.25) is 0 Å². The van der Waals surface area contributed by atoms with Crippen LogP contribution in [0.15, 0.2) is 24.3 Å². The van der Waals surface area contributed by atoms with E-state index in [1.165, 1.54) is 36.9 Å². The van der Waals surface area contributed by atoms with E-state index in [0.717, 1.165) is 11.8 Å². The van der Waals surface area contributed by atoms with Gasteiger partial charge in [0, 0.05) is 18.3 Å². The van der Waals surface area contributed by atoms with Gasteiger partial charge in [0.15, 0.2) is 0 Å². The Balaban J connectivity index is 1.79. The second-order valence-corrected chi connectivity index (χ2v) is 6.41. The number of aryl methyl sites for hydroxylation is 1. The molecule has 3 rings (SSSR count). The van der Waals surface area contributed by atoms with E-state index in [4.69, 9.17) is 5.11 Å². The summed E-state index contributed by atoms with van der Waals surface area (Å²) in [6.07, 6.45) is 5.52. The zero-order valence-corrected chi connectivity index (χ0v) is 12.1. The molecule has 1 N–H and O–H groups in total. The molecule has 1 aromatic rings. The van der Waals surface area contributed by atoms with Crippen molar-refractivity contribution in [1.82, 2.24) is 0 Å². The Morgan fingerprint density at radius 2 is 2.00 bits per heavy atom. The molecule has 0 heterocycles. The lowest BCUT2D eigenvalue weighted by Crippen LogP contribution is -2.40. The van der Waals surface area contributed by atoms with Crippen molar-refractivity contribution in [3.8, 4) is 0 Å². The fourth-order valence-corrected chi connectivity index (χ4v) is 4.03. The first-order valence-corrected chi connectivity index (χ1v) is 7.68. The Hall–Kier alpha value is -1.51. The normalized spacial score (nSPS) is 27.8. The van der Waals surface area contributed by atoms with Gasteiger partial charge in [-0.15, -0.1) is 0 Å². The molecule has 0 aliphatic heterocycles. The van der Waals surface area contributed by atoms with Crippen LogP contribution in [0.4, 0.5) is 5.69 Å². The molecule has 108 valence electrons. The lowest BCUT2D eigenvalue weighted by atomic mass is 9.93. The number of nitrogens with zero attached hydrogens (tertiary/aromatic N) is 1. The van der Waals surface area contributed by atoms with Crippen LogP contribution in [-0.4, -0.2) is 23.7 Å². The van der Waals surface area contributed by atoms with Crippen LogP contribution in [-0.2, 0) is 4.79 Å². The van der Waals surface area contributed by atoms with Gasteiger partial charge in [-0.3, -0.25) is 4.79 Å². The van der Waals surface area contributed by atoms with E-state index >= 15 is 0 Å². The monoisotopic (exact) mass is 273 g/mol. The Morgan fingerprint density at radius 3 is 2.55 bits per heavy atom. The minimum Gasteiger partial charge on any atom is -0.481 e. The molecule has 20 heavy (non-hydrogen) atoms. The Bertz CT molecular complexity index is 482. The summed E-state index contributed by atoms with van der Waals surface area (Å²) in [4.78, 5) is 13.3. The van der Waals surface area contributed by atoms with Crippen LogP contribution in [0.5, 0.6) is 0 Å². The van der Waals surface area contributed by atoms with E-state index in [1.54, 1.807) is 0 Å². The summed E-state index contributed by atoms with van der Waals surface area (Å²) in [5, 5.41) is 9.00. The van der Waals surface area contributed by atoms with Crippen LogP contribution in [0.2, 0.25) is 0 Å².